The average molecular weight is 249 g/mol. The van der Waals surface area contributed by atoms with Crippen molar-refractivity contribution in [3.05, 3.63) is 30.3 Å². The molecule has 0 aliphatic carbocycles. The first-order chi connectivity index (χ1) is 8.65. The second kappa shape index (κ2) is 5.39. The van der Waals surface area contributed by atoms with E-state index in [1.54, 1.807) is 19.2 Å². The molecule has 1 fully saturated rings. The van der Waals surface area contributed by atoms with Crippen molar-refractivity contribution in [1.82, 2.24) is 10.2 Å². The maximum Gasteiger partial charge on any atom is 0.410 e. The Morgan fingerprint density at radius 3 is 2.78 bits per heavy atom. The van der Waals surface area contributed by atoms with Crippen LogP contribution in [0.5, 0.6) is 0 Å². The van der Waals surface area contributed by atoms with E-state index < -0.39 is 0 Å². The van der Waals surface area contributed by atoms with Crippen molar-refractivity contribution in [3.63, 3.8) is 0 Å². The van der Waals surface area contributed by atoms with Gasteiger partial charge in [-0.3, -0.25) is 0 Å². The number of urea groups is 1. The summed E-state index contributed by atoms with van der Waals surface area (Å²) in [7, 11) is 1.66. The van der Waals surface area contributed by atoms with Gasteiger partial charge in [0.2, 0.25) is 0 Å². The molecule has 1 aromatic carbocycles. The predicted octanol–water partition coefficient (Wildman–Crippen LogP) is 1.26. The van der Waals surface area contributed by atoms with Gasteiger partial charge in [0, 0.05) is 12.7 Å². The van der Waals surface area contributed by atoms with Gasteiger partial charge in [0.1, 0.15) is 6.10 Å². The summed E-state index contributed by atoms with van der Waals surface area (Å²) in [5, 5.41) is 5.34. The number of hydrogen-bond donors (Lipinski definition) is 2. The van der Waals surface area contributed by atoms with Crippen molar-refractivity contribution in [2.45, 2.75) is 6.10 Å². The molecule has 1 saturated heterocycles. The monoisotopic (exact) mass is 249 g/mol. The SMILES string of the molecule is CN1CC(CNC(=O)Nc2ccccc2)OC1=O. The van der Waals surface area contributed by atoms with Gasteiger partial charge in [0.15, 0.2) is 0 Å². The van der Waals surface area contributed by atoms with E-state index in [9.17, 15) is 9.59 Å². The lowest BCUT2D eigenvalue weighted by Gasteiger charge is -2.10. The van der Waals surface area contributed by atoms with Crippen LogP contribution < -0.4 is 10.6 Å². The number of nitrogens with one attached hydrogen (secondary N) is 2. The van der Waals surface area contributed by atoms with E-state index in [1.807, 2.05) is 18.2 Å². The summed E-state index contributed by atoms with van der Waals surface area (Å²) in [5.74, 6) is 0. The van der Waals surface area contributed by atoms with Gasteiger partial charge in [-0.05, 0) is 12.1 Å². The summed E-state index contributed by atoms with van der Waals surface area (Å²) in [6, 6.07) is 8.82. The fourth-order valence-electron chi connectivity index (χ4n) is 1.66. The number of carbonyl (C=O) groups excluding carboxylic acids is 2. The Kier molecular flexibility index (Phi) is 3.66. The molecule has 1 unspecified atom stereocenters. The van der Waals surface area contributed by atoms with Crippen molar-refractivity contribution >= 4 is 17.8 Å². The zero-order valence-electron chi connectivity index (χ0n) is 10.1. The van der Waals surface area contributed by atoms with Gasteiger partial charge >= 0.3 is 12.1 Å². The normalized spacial score (nSPS) is 18.4. The molecule has 1 aromatic rings. The van der Waals surface area contributed by atoms with E-state index in [1.165, 1.54) is 4.90 Å². The van der Waals surface area contributed by atoms with Crippen LogP contribution in [0.2, 0.25) is 0 Å². The Labute approximate surface area is 105 Å². The van der Waals surface area contributed by atoms with E-state index in [2.05, 4.69) is 10.6 Å². The van der Waals surface area contributed by atoms with Crippen LogP contribution in [-0.2, 0) is 4.74 Å². The summed E-state index contributed by atoms with van der Waals surface area (Å²) < 4.78 is 5.02. The van der Waals surface area contributed by atoms with E-state index in [-0.39, 0.29) is 18.2 Å². The molecule has 0 spiro atoms. The van der Waals surface area contributed by atoms with Gasteiger partial charge in [-0.1, -0.05) is 18.2 Å². The Balaban J connectivity index is 1.74. The third-order valence-corrected chi connectivity index (χ3v) is 2.58. The van der Waals surface area contributed by atoms with Crippen LogP contribution in [-0.4, -0.2) is 43.3 Å². The third-order valence-electron chi connectivity index (χ3n) is 2.58. The summed E-state index contributed by atoms with van der Waals surface area (Å²) in [4.78, 5) is 24.1. The summed E-state index contributed by atoms with van der Waals surface area (Å²) in [6.45, 7) is 0.791. The summed E-state index contributed by atoms with van der Waals surface area (Å²) >= 11 is 0. The van der Waals surface area contributed by atoms with Crippen molar-refractivity contribution in [3.8, 4) is 0 Å². The largest absolute Gasteiger partial charge is 0.442 e. The van der Waals surface area contributed by atoms with Gasteiger partial charge in [-0.25, -0.2) is 9.59 Å². The van der Waals surface area contributed by atoms with E-state index in [4.69, 9.17) is 4.74 Å². The molecule has 2 N–H and O–H groups in total. The number of benzene rings is 1. The maximum atomic E-state index is 11.6. The number of carbonyl (C=O) groups is 2. The second-order valence-electron chi connectivity index (χ2n) is 4.09. The molecule has 1 atom stereocenters. The van der Waals surface area contributed by atoms with Crippen LogP contribution in [0, 0.1) is 0 Å². The highest BCUT2D eigenvalue weighted by Crippen LogP contribution is 2.08. The molecule has 96 valence electrons. The number of amides is 3. The van der Waals surface area contributed by atoms with Crippen LogP contribution in [0.15, 0.2) is 30.3 Å². The fourth-order valence-corrected chi connectivity index (χ4v) is 1.66. The van der Waals surface area contributed by atoms with Crippen LogP contribution in [0.3, 0.4) is 0 Å². The minimum Gasteiger partial charge on any atom is -0.442 e. The Bertz CT molecular complexity index is 435. The summed E-state index contributed by atoms with van der Waals surface area (Å²) in [6.07, 6.45) is -0.644. The fraction of sp³-hybridized carbons (Fsp3) is 0.333. The average Bonchev–Trinajstić information content (AvgIpc) is 2.68. The number of likely N-dealkylation sites (N-methyl/N-ethyl adjacent to an activating group) is 1. The zero-order valence-corrected chi connectivity index (χ0v) is 10.1. The van der Waals surface area contributed by atoms with Crippen LogP contribution in [0.1, 0.15) is 0 Å². The molecular weight excluding hydrogens is 234 g/mol. The quantitative estimate of drug-likeness (QED) is 0.847. The van der Waals surface area contributed by atoms with Crippen molar-refractivity contribution < 1.29 is 14.3 Å². The highest BCUT2D eigenvalue weighted by atomic mass is 16.6. The second-order valence-corrected chi connectivity index (χ2v) is 4.09. The highest BCUT2D eigenvalue weighted by Gasteiger charge is 2.28. The third kappa shape index (κ3) is 3.13. The molecule has 1 aliphatic heterocycles. The van der Waals surface area contributed by atoms with Crippen molar-refractivity contribution in [2.24, 2.45) is 0 Å². The van der Waals surface area contributed by atoms with Gasteiger partial charge in [-0.2, -0.15) is 0 Å². The number of ether oxygens (including phenoxy) is 1. The number of anilines is 1. The number of hydrogen-bond acceptors (Lipinski definition) is 3. The van der Waals surface area contributed by atoms with Gasteiger partial charge in [-0.15, -0.1) is 0 Å². The lowest BCUT2D eigenvalue weighted by atomic mass is 10.3. The number of rotatable bonds is 3. The first-order valence-electron chi connectivity index (χ1n) is 5.67. The Hall–Kier alpha value is -2.24. The van der Waals surface area contributed by atoms with Gasteiger partial charge < -0.3 is 20.3 Å². The Morgan fingerprint density at radius 2 is 2.17 bits per heavy atom. The predicted molar refractivity (Wildman–Crippen MR) is 66.4 cm³/mol. The molecule has 18 heavy (non-hydrogen) atoms. The first kappa shape index (κ1) is 12.2. The standard InChI is InChI=1S/C12H15N3O3/c1-15-8-10(18-12(15)17)7-13-11(16)14-9-5-3-2-4-6-9/h2-6,10H,7-8H2,1H3,(H2,13,14,16). The topological polar surface area (TPSA) is 70.7 Å². The molecule has 0 bridgehead atoms. The van der Waals surface area contributed by atoms with Gasteiger partial charge in [0.05, 0.1) is 13.1 Å². The van der Waals surface area contributed by atoms with E-state index >= 15 is 0 Å². The zero-order chi connectivity index (χ0) is 13.0. The first-order valence-corrected chi connectivity index (χ1v) is 5.67. The van der Waals surface area contributed by atoms with Crippen LogP contribution in [0.4, 0.5) is 15.3 Å². The molecule has 0 radical (unpaired) electrons. The molecule has 1 heterocycles. The molecule has 3 amide bonds. The minimum absolute atomic E-state index is 0.288. The van der Waals surface area contributed by atoms with E-state index in [0.29, 0.717) is 13.1 Å². The van der Waals surface area contributed by atoms with E-state index in [0.717, 1.165) is 5.69 Å². The molecular formula is C12H15N3O3. The molecule has 2 rings (SSSR count). The van der Waals surface area contributed by atoms with Crippen LogP contribution in [0.25, 0.3) is 0 Å². The van der Waals surface area contributed by atoms with Crippen LogP contribution >= 0.6 is 0 Å². The molecule has 6 heteroatoms. The molecule has 6 nitrogen and oxygen atoms in total. The lowest BCUT2D eigenvalue weighted by molar-refractivity contribution is 0.134. The smallest absolute Gasteiger partial charge is 0.410 e. The number of nitrogens with zero attached hydrogens (tertiary/aromatic N) is 1. The summed E-state index contributed by atoms with van der Waals surface area (Å²) in [5.41, 5.74) is 0.718. The number of para-hydroxylation sites is 1. The minimum atomic E-state index is -0.356. The van der Waals surface area contributed by atoms with Crippen molar-refractivity contribution in [1.29, 1.82) is 0 Å². The number of cyclic esters (lactones) is 1. The Morgan fingerprint density at radius 1 is 1.44 bits per heavy atom. The molecule has 0 aromatic heterocycles. The molecule has 0 saturated carbocycles. The lowest BCUT2D eigenvalue weighted by Crippen LogP contribution is -2.36. The van der Waals surface area contributed by atoms with Gasteiger partial charge in [0.25, 0.3) is 0 Å². The maximum absolute atomic E-state index is 11.6. The molecule has 1 aliphatic rings. The highest BCUT2D eigenvalue weighted by molar-refractivity contribution is 5.89. The van der Waals surface area contributed by atoms with Crippen molar-refractivity contribution in [2.75, 3.05) is 25.5 Å².